The van der Waals surface area contributed by atoms with Crippen LogP contribution >= 0.6 is 55.1 Å². The molecule has 0 atom stereocenters. The number of nitrogens with zero attached hydrogens (tertiary/aromatic N) is 2. The van der Waals surface area contributed by atoms with E-state index < -0.39 is 0 Å². The molecular formula is C21H20Br2Cl2N2O4. The maximum Gasteiger partial charge on any atom is 0.260 e. The first-order valence-corrected chi connectivity index (χ1v) is 11.9. The van der Waals surface area contributed by atoms with Crippen molar-refractivity contribution in [3.63, 3.8) is 0 Å². The van der Waals surface area contributed by atoms with Crippen molar-refractivity contribution in [2.75, 3.05) is 39.4 Å². The van der Waals surface area contributed by atoms with E-state index in [1.807, 2.05) is 0 Å². The van der Waals surface area contributed by atoms with Gasteiger partial charge in [0.05, 0.1) is 10.0 Å². The summed E-state index contributed by atoms with van der Waals surface area (Å²) >= 11 is 18.9. The summed E-state index contributed by atoms with van der Waals surface area (Å²) < 4.78 is 12.8. The number of ether oxygens (including phenoxy) is 2. The first-order chi connectivity index (χ1) is 14.8. The lowest BCUT2D eigenvalue weighted by molar-refractivity contribution is -0.135. The van der Waals surface area contributed by atoms with Gasteiger partial charge in [-0.2, -0.15) is 0 Å². The molecule has 10 heteroatoms. The van der Waals surface area contributed by atoms with Gasteiger partial charge in [0.1, 0.15) is 11.5 Å². The van der Waals surface area contributed by atoms with Crippen LogP contribution < -0.4 is 9.47 Å². The molecule has 0 aromatic heterocycles. The number of rotatable bonds is 6. The Bertz CT molecular complexity index is 885. The first kappa shape index (κ1) is 24.2. The van der Waals surface area contributed by atoms with Crippen LogP contribution in [0.2, 0.25) is 10.0 Å². The van der Waals surface area contributed by atoms with Gasteiger partial charge in [-0.3, -0.25) is 9.59 Å². The monoisotopic (exact) mass is 592 g/mol. The minimum Gasteiger partial charge on any atom is -0.482 e. The largest absolute Gasteiger partial charge is 0.482 e. The number of hydrogen-bond donors (Lipinski definition) is 0. The van der Waals surface area contributed by atoms with Gasteiger partial charge in [-0.1, -0.05) is 55.1 Å². The predicted octanol–water partition coefficient (Wildman–Crippen LogP) is 5.04. The van der Waals surface area contributed by atoms with Crippen molar-refractivity contribution < 1.29 is 19.1 Å². The number of amides is 2. The van der Waals surface area contributed by atoms with E-state index in [1.165, 1.54) is 0 Å². The van der Waals surface area contributed by atoms with Gasteiger partial charge in [0.15, 0.2) is 13.2 Å². The third-order valence-electron chi connectivity index (χ3n) is 4.69. The molecule has 31 heavy (non-hydrogen) atoms. The average Bonchev–Trinajstić information content (AvgIpc) is 2.98. The lowest BCUT2D eigenvalue weighted by Crippen LogP contribution is -2.40. The lowest BCUT2D eigenvalue weighted by Gasteiger charge is -2.22. The van der Waals surface area contributed by atoms with Crippen molar-refractivity contribution in [2.45, 2.75) is 6.42 Å². The Labute approximate surface area is 207 Å². The molecule has 0 saturated carbocycles. The second-order valence-electron chi connectivity index (χ2n) is 6.84. The van der Waals surface area contributed by atoms with E-state index in [2.05, 4.69) is 31.9 Å². The highest BCUT2D eigenvalue weighted by molar-refractivity contribution is 9.10. The van der Waals surface area contributed by atoms with E-state index in [0.717, 1.165) is 8.95 Å². The standard InChI is InChI=1S/C21H20Br2Cl2N2O4/c22-14-2-4-18(16(24)10-14)30-12-20(28)26-6-1-7-27(9-8-26)21(29)13-31-19-5-3-15(23)11-17(19)25/h2-5,10-11H,1,6-9,12-13H2. The summed E-state index contributed by atoms with van der Waals surface area (Å²) in [6.45, 7) is 1.75. The molecule has 0 bridgehead atoms. The molecule has 1 fully saturated rings. The Hall–Kier alpha value is -1.48. The van der Waals surface area contributed by atoms with Crippen LogP contribution in [0.1, 0.15) is 6.42 Å². The Balaban J connectivity index is 1.47. The molecule has 0 unspecified atom stereocenters. The SMILES string of the molecule is O=C(COc1ccc(Br)cc1Cl)N1CCCN(C(=O)COc2ccc(Br)cc2Cl)CC1. The second kappa shape index (κ2) is 11.4. The zero-order valence-corrected chi connectivity index (χ0v) is 21.1. The van der Waals surface area contributed by atoms with Crippen molar-refractivity contribution in [1.82, 2.24) is 9.80 Å². The molecule has 166 valence electrons. The van der Waals surface area contributed by atoms with Crippen LogP contribution in [0, 0.1) is 0 Å². The van der Waals surface area contributed by atoms with Crippen LogP contribution in [-0.2, 0) is 9.59 Å². The molecule has 3 rings (SSSR count). The van der Waals surface area contributed by atoms with E-state index in [-0.39, 0.29) is 25.0 Å². The highest BCUT2D eigenvalue weighted by atomic mass is 79.9. The molecule has 0 spiro atoms. The zero-order chi connectivity index (χ0) is 22.4. The van der Waals surface area contributed by atoms with E-state index in [9.17, 15) is 9.59 Å². The van der Waals surface area contributed by atoms with Crippen LogP contribution in [0.15, 0.2) is 45.3 Å². The van der Waals surface area contributed by atoms with Gasteiger partial charge in [0.25, 0.3) is 11.8 Å². The highest BCUT2D eigenvalue weighted by Crippen LogP contribution is 2.28. The molecule has 1 aliphatic heterocycles. The molecule has 0 aliphatic carbocycles. The Morgan fingerprint density at radius 2 is 1.19 bits per heavy atom. The zero-order valence-electron chi connectivity index (χ0n) is 16.5. The van der Waals surface area contributed by atoms with Gasteiger partial charge >= 0.3 is 0 Å². The smallest absolute Gasteiger partial charge is 0.260 e. The van der Waals surface area contributed by atoms with Crippen molar-refractivity contribution in [1.29, 1.82) is 0 Å². The summed E-state index contributed by atoms with van der Waals surface area (Å²) in [5, 5.41) is 0.862. The van der Waals surface area contributed by atoms with Gasteiger partial charge in [0.2, 0.25) is 0 Å². The minimum atomic E-state index is -0.147. The van der Waals surface area contributed by atoms with Crippen LogP contribution in [-0.4, -0.2) is 61.0 Å². The first-order valence-electron chi connectivity index (χ1n) is 9.55. The number of carbonyl (C=O) groups is 2. The second-order valence-corrected chi connectivity index (χ2v) is 9.49. The van der Waals surface area contributed by atoms with E-state index in [0.29, 0.717) is 54.1 Å². The predicted molar refractivity (Wildman–Crippen MR) is 127 cm³/mol. The number of halogens is 4. The van der Waals surface area contributed by atoms with Crippen molar-refractivity contribution in [2.24, 2.45) is 0 Å². The number of carbonyl (C=O) groups excluding carboxylic acids is 2. The Kier molecular flexibility index (Phi) is 8.89. The Morgan fingerprint density at radius 3 is 1.58 bits per heavy atom. The molecular weight excluding hydrogens is 575 g/mol. The highest BCUT2D eigenvalue weighted by Gasteiger charge is 2.23. The van der Waals surface area contributed by atoms with Crippen molar-refractivity contribution in [3.05, 3.63) is 55.4 Å². The fraction of sp³-hybridized carbons (Fsp3) is 0.333. The van der Waals surface area contributed by atoms with E-state index in [1.54, 1.807) is 46.2 Å². The molecule has 2 amide bonds. The summed E-state index contributed by atoms with van der Waals surface area (Å²) in [5.41, 5.74) is 0. The minimum absolute atomic E-state index is 0.111. The third-order valence-corrected chi connectivity index (χ3v) is 6.27. The van der Waals surface area contributed by atoms with Gasteiger partial charge in [-0.15, -0.1) is 0 Å². The summed E-state index contributed by atoms with van der Waals surface area (Å²) in [6, 6.07) is 10.4. The fourth-order valence-corrected chi connectivity index (χ4v) is 4.52. The molecule has 1 aliphatic rings. The molecule has 2 aromatic rings. The van der Waals surface area contributed by atoms with Gasteiger partial charge in [0, 0.05) is 35.1 Å². The normalized spacial score (nSPS) is 14.2. The topological polar surface area (TPSA) is 59.1 Å². The maximum atomic E-state index is 12.6. The quantitative estimate of drug-likeness (QED) is 0.470. The van der Waals surface area contributed by atoms with E-state index in [4.69, 9.17) is 32.7 Å². The number of hydrogen-bond acceptors (Lipinski definition) is 4. The third kappa shape index (κ3) is 7.00. The van der Waals surface area contributed by atoms with E-state index >= 15 is 0 Å². The summed E-state index contributed by atoms with van der Waals surface area (Å²) in [4.78, 5) is 28.5. The lowest BCUT2D eigenvalue weighted by atomic mass is 10.3. The summed E-state index contributed by atoms with van der Waals surface area (Å²) in [5.74, 6) is 0.611. The Morgan fingerprint density at radius 1 is 0.774 bits per heavy atom. The number of benzene rings is 2. The van der Waals surface area contributed by atoms with Crippen molar-refractivity contribution >= 4 is 66.9 Å². The van der Waals surface area contributed by atoms with Crippen LogP contribution in [0.4, 0.5) is 0 Å². The van der Waals surface area contributed by atoms with Gasteiger partial charge in [-0.25, -0.2) is 0 Å². The summed E-state index contributed by atoms with van der Waals surface area (Å²) in [7, 11) is 0. The molecule has 2 aromatic carbocycles. The average molecular weight is 595 g/mol. The molecule has 6 nitrogen and oxygen atoms in total. The van der Waals surface area contributed by atoms with Crippen LogP contribution in [0.3, 0.4) is 0 Å². The molecule has 0 radical (unpaired) electrons. The van der Waals surface area contributed by atoms with Gasteiger partial charge < -0.3 is 19.3 Å². The molecule has 1 saturated heterocycles. The van der Waals surface area contributed by atoms with Gasteiger partial charge in [-0.05, 0) is 42.8 Å². The molecule has 1 heterocycles. The van der Waals surface area contributed by atoms with Crippen LogP contribution in [0.5, 0.6) is 11.5 Å². The fourth-order valence-electron chi connectivity index (χ4n) is 3.06. The molecule has 0 N–H and O–H groups in total. The maximum absolute atomic E-state index is 12.6. The summed E-state index contributed by atoms with van der Waals surface area (Å²) in [6.07, 6.45) is 0.676. The van der Waals surface area contributed by atoms with Crippen molar-refractivity contribution in [3.8, 4) is 11.5 Å². The van der Waals surface area contributed by atoms with Crippen LogP contribution in [0.25, 0.3) is 0 Å².